The number of hydrogen-bond donors (Lipinski definition) is 8. The second-order valence-electron chi connectivity index (χ2n) is 18.6. The molecule has 0 aliphatic carbocycles. The van der Waals surface area contributed by atoms with E-state index in [9.17, 15) is 40.5 Å². The third-order valence-corrected chi connectivity index (χ3v) is 12.6. The van der Waals surface area contributed by atoms with Gasteiger partial charge in [0.15, 0.2) is 6.29 Å². The molecule has 1 aliphatic rings. The zero-order chi connectivity index (χ0) is 47.6. The number of allylic oxidation sites excluding steroid dienone is 8. The van der Waals surface area contributed by atoms with Crippen molar-refractivity contribution in [3.05, 3.63) is 48.6 Å². The molecule has 65 heavy (non-hydrogen) atoms. The maximum absolute atomic E-state index is 13.1. The summed E-state index contributed by atoms with van der Waals surface area (Å²) in [5, 5.41) is 75.9. The van der Waals surface area contributed by atoms with Crippen molar-refractivity contribution in [2.45, 2.75) is 274 Å². The summed E-state index contributed by atoms with van der Waals surface area (Å²) in [6.45, 7) is 3.42. The molecule has 1 saturated heterocycles. The van der Waals surface area contributed by atoms with Gasteiger partial charge in [-0.25, -0.2) is 0 Å². The van der Waals surface area contributed by atoms with Gasteiger partial charge in [-0.05, 0) is 89.9 Å². The number of carbonyl (C=O) groups is 1. The van der Waals surface area contributed by atoms with Gasteiger partial charge in [0.05, 0.1) is 25.4 Å². The maximum atomic E-state index is 13.1. The van der Waals surface area contributed by atoms with Crippen molar-refractivity contribution in [3.63, 3.8) is 0 Å². The van der Waals surface area contributed by atoms with Crippen molar-refractivity contribution in [2.75, 3.05) is 13.2 Å². The van der Waals surface area contributed by atoms with Crippen LogP contribution in [0.3, 0.4) is 0 Å². The van der Waals surface area contributed by atoms with Crippen LogP contribution in [0.25, 0.3) is 0 Å². The minimum atomic E-state index is -1.67. The fraction of sp³-hybridized carbons (Fsp3) is 0.833. The first-order valence-electron chi connectivity index (χ1n) is 26.5. The Morgan fingerprint density at radius 3 is 1.37 bits per heavy atom. The highest BCUT2D eigenvalue weighted by molar-refractivity contribution is 5.80. The molecule has 0 spiro atoms. The van der Waals surface area contributed by atoms with E-state index in [0.717, 1.165) is 64.2 Å². The lowest BCUT2D eigenvalue weighted by Crippen LogP contribution is -2.60. The SMILES string of the molecule is CCCCCCC/C=C/CC/C=C/CC/C=C/CCCC(O)C(O)C(COC1OC(CO)C(O)C(O)C1O)NC(=O)C(O)CCCCCCCC/C=C\CCCCCCCCCCCC. The number of carbonyl (C=O) groups excluding carboxylic acids is 1. The molecule has 0 aromatic carbocycles. The van der Waals surface area contributed by atoms with Crippen LogP contribution in [0.5, 0.6) is 0 Å². The molecule has 1 rings (SSSR count). The molecule has 9 atom stereocenters. The highest BCUT2D eigenvalue weighted by Crippen LogP contribution is 2.23. The number of rotatable bonds is 44. The van der Waals surface area contributed by atoms with E-state index in [1.165, 1.54) is 109 Å². The number of amides is 1. The zero-order valence-electron chi connectivity index (χ0n) is 41.2. The van der Waals surface area contributed by atoms with Crippen LogP contribution in [0.1, 0.15) is 219 Å². The van der Waals surface area contributed by atoms with Crippen LogP contribution in [0.15, 0.2) is 48.6 Å². The van der Waals surface area contributed by atoms with Gasteiger partial charge in [0, 0.05) is 0 Å². The van der Waals surface area contributed by atoms with Gasteiger partial charge in [0.2, 0.25) is 5.91 Å². The summed E-state index contributed by atoms with van der Waals surface area (Å²) in [4.78, 5) is 13.1. The third-order valence-electron chi connectivity index (χ3n) is 12.6. The molecular weight excluding hydrogens is 823 g/mol. The Bertz CT molecular complexity index is 1190. The van der Waals surface area contributed by atoms with Gasteiger partial charge in [0.1, 0.15) is 36.6 Å². The summed E-state index contributed by atoms with van der Waals surface area (Å²) in [6.07, 6.45) is 41.5. The van der Waals surface area contributed by atoms with Crippen molar-refractivity contribution in [1.29, 1.82) is 0 Å². The second kappa shape index (κ2) is 43.4. The molecule has 1 aliphatic heterocycles. The number of aliphatic hydroxyl groups is 7. The van der Waals surface area contributed by atoms with Gasteiger partial charge in [-0.1, -0.05) is 178 Å². The molecule has 0 saturated carbocycles. The highest BCUT2D eigenvalue weighted by atomic mass is 16.7. The molecule has 1 heterocycles. The first kappa shape index (κ1) is 61.1. The van der Waals surface area contributed by atoms with Crippen molar-refractivity contribution in [2.24, 2.45) is 0 Å². The van der Waals surface area contributed by atoms with Crippen LogP contribution in [-0.4, -0.2) is 110 Å². The minimum Gasteiger partial charge on any atom is -0.394 e. The van der Waals surface area contributed by atoms with Crippen molar-refractivity contribution in [1.82, 2.24) is 5.32 Å². The molecule has 9 unspecified atom stereocenters. The van der Waals surface area contributed by atoms with Crippen LogP contribution in [0.4, 0.5) is 0 Å². The lowest BCUT2D eigenvalue weighted by Gasteiger charge is -2.40. The number of aliphatic hydroxyl groups excluding tert-OH is 7. The fourth-order valence-corrected chi connectivity index (χ4v) is 8.17. The molecule has 11 heteroatoms. The Morgan fingerprint density at radius 1 is 0.523 bits per heavy atom. The standard InChI is InChI=1S/C54H99NO10/c1-3-5-7-9-11-13-15-17-19-21-23-24-26-28-30-32-34-36-38-40-42-47(58)53(63)55-45(44-64-54-52(62)51(61)50(60)48(43-56)65-54)49(59)46(57)41-39-37-35-33-31-29-27-25-22-20-18-16-14-12-10-8-6-4-2/h16,18,24-27,33,35,45-52,54,56-62H,3-15,17,19-23,28-32,34,36-44H2,1-2H3,(H,55,63)/b18-16+,26-24-,27-25+,35-33+. The molecule has 11 nitrogen and oxygen atoms in total. The van der Waals surface area contributed by atoms with E-state index in [4.69, 9.17) is 9.47 Å². The summed E-state index contributed by atoms with van der Waals surface area (Å²) in [6, 6.07) is -1.20. The predicted molar refractivity (Wildman–Crippen MR) is 265 cm³/mol. The van der Waals surface area contributed by atoms with E-state index >= 15 is 0 Å². The Hall–Kier alpha value is -1.93. The average Bonchev–Trinajstić information content (AvgIpc) is 3.31. The van der Waals surface area contributed by atoms with Gasteiger partial charge < -0.3 is 50.5 Å². The smallest absolute Gasteiger partial charge is 0.249 e. The second-order valence-corrected chi connectivity index (χ2v) is 18.6. The summed E-state index contributed by atoms with van der Waals surface area (Å²) < 4.78 is 11.1. The molecule has 0 bridgehead atoms. The number of nitrogens with one attached hydrogen (secondary N) is 1. The van der Waals surface area contributed by atoms with Crippen LogP contribution < -0.4 is 5.32 Å². The molecule has 0 aromatic heterocycles. The monoisotopic (exact) mass is 922 g/mol. The molecular formula is C54H99NO10. The molecule has 0 radical (unpaired) electrons. The molecule has 1 amide bonds. The van der Waals surface area contributed by atoms with Gasteiger partial charge in [0.25, 0.3) is 0 Å². The fourth-order valence-electron chi connectivity index (χ4n) is 8.17. The topological polar surface area (TPSA) is 189 Å². The summed E-state index contributed by atoms with van der Waals surface area (Å²) in [5.74, 6) is -0.718. The van der Waals surface area contributed by atoms with E-state index in [1.807, 2.05) is 0 Å². The van der Waals surface area contributed by atoms with Crippen LogP contribution in [-0.2, 0) is 14.3 Å². The van der Waals surface area contributed by atoms with Gasteiger partial charge >= 0.3 is 0 Å². The molecule has 8 N–H and O–H groups in total. The largest absolute Gasteiger partial charge is 0.394 e. The van der Waals surface area contributed by atoms with Gasteiger partial charge in [-0.3, -0.25) is 4.79 Å². The van der Waals surface area contributed by atoms with E-state index in [-0.39, 0.29) is 12.8 Å². The molecule has 1 fully saturated rings. The van der Waals surface area contributed by atoms with E-state index in [2.05, 4.69) is 67.8 Å². The van der Waals surface area contributed by atoms with Crippen molar-refractivity contribution >= 4 is 5.91 Å². The molecule has 380 valence electrons. The van der Waals surface area contributed by atoms with Crippen LogP contribution >= 0.6 is 0 Å². The number of hydrogen-bond acceptors (Lipinski definition) is 10. The summed E-state index contributed by atoms with van der Waals surface area (Å²) in [7, 11) is 0. The van der Waals surface area contributed by atoms with Gasteiger partial charge in [-0.15, -0.1) is 0 Å². The Kier molecular flexibility index (Phi) is 40.7. The van der Waals surface area contributed by atoms with E-state index < -0.39 is 74.2 Å². The minimum absolute atomic E-state index is 0.238. The Morgan fingerprint density at radius 2 is 0.923 bits per heavy atom. The first-order chi connectivity index (χ1) is 31.7. The average molecular weight is 922 g/mol. The first-order valence-corrected chi connectivity index (χ1v) is 26.5. The maximum Gasteiger partial charge on any atom is 0.249 e. The van der Waals surface area contributed by atoms with Crippen molar-refractivity contribution < 1.29 is 50.0 Å². The molecule has 0 aromatic rings. The quantitative estimate of drug-likeness (QED) is 0.0216. The normalized spacial score (nSPS) is 21.3. The predicted octanol–water partition coefficient (Wildman–Crippen LogP) is 10.1. The summed E-state index contributed by atoms with van der Waals surface area (Å²) in [5.41, 5.74) is 0. The Labute approximate surface area is 396 Å². The zero-order valence-corrected chi connectivity index (χ0v) is 41.2. The number of unbranched alkanes of at least 4 members (excludes halogenated alkanes) is 24. The highest BCUT2D eigenvalue weighted by Gasteiger charge is 2.44. The van der Waals surface area contributed by atoms with Gasteiger partial charge in [-0.2, -0.15) is 0 Å². The van der Waals surface area contributed by atoms with E-state index in [1.54, 1.807) is 0 Å². The number of ether oxygens (including phenoxy) is 2. The lowest BCUT2D eigenvalue weighted by atomic mass is 9.98. The Balaban J connectivity index is 2.42. The third kappa shape index (κ3) is 32.5. The van der Waals surface area contributed by atoms with Crippen LogP contribution in [0.2, 0.25) is 0 Å². The van der Waals surface area contributed by atoms with Crippen LogP contribution in [0, 0.1) is 0 Å². The summed E-state index contributed by atoms with van der Waals surface area (Å²) >= 11 is 0. The van der Waals surface area contributed by atoms with E-state index in [0.29, 0.717) is 19.3 Å². The van der Waals surface area contributed by atoms with Crippen molar-refractivity contribution in [3.8, 4) is 0 Å². The lowest BCUT2D eigenvalue weighted by molar-refractivity contribution is -0.303.